The van der Waals surface area contributed by atoms with Gasteiger partial charge in [-0.2, -0.15) is 0 Å². The third-order valence-electron chi connectivity index (χ3n) is 0. The molecule has 0 aromatic carbocycles. The maximum atomic E-state index is 9.56. The Bertz CT molecular complexity index is 11.6. The fraction of sp³-hybridized carbons (Fsp3) is 0.667. The molecular weight excluding hydrogens is 84.1 g/mol. The molecule has 0 spiro atoms. The lowest BCUT2D eigenvalue weighted by Gasteiger charge is -1.87. The highest BCUT2D eigenvalue weighted by atomic mass is 32.2. The van der Waals surface area contributed by atoms with E-state index in [0.29, 0.717) is 0 Å². The molecule has 0 saturated heterocycles. The fourth-order valence-electron chi connectivity index (χ4n) is 0. The predicted octanol–water partition coefficient (Wildman–Crippen LogP) is 0.445. The van der Waals surface area contributed by atoms with Crippen LogP contribution in [0.25, 0.3) is 0 Å². The standard InChI is InChI=1S/C2H6OS.CH3/c1-4(2)3;/h1-2H3;1H3. The van der Waals surface area contributed by atoms with E-state index in [1.54, 1.807) is 12.5 Å². The van der Waals surface area contributed by atoms with E-state index in [-0.39, 0.29) is 7.43 Å². The third kappa shape index (κ3) is 239. The van der Waals surface area contributed by atoms with Crippen LogP contribution in [0, 0.1) is 7.43 Å². The molecule has 1 nitrogen and oxygen atoms in total. The van der Waals surface area contributed by atoms with E-state index >= 15 is 0 Å². The minimum absolute atomic E-state index is 0. The average molecular weight is 93.2 g/mol. The van der Waals surface area contributed by atoms with Crippen molar-refractivity contribution in [2.75, 3.05) is 12.5 Å². The van der Waals surface area contributed by atoms with E-state index in [0.717, 1.165) is 0 Å². The molecule has 0 fully saturated rings. The topological polar surface area (TPSA) is 23.1 Å². The number of hydrogen-bond acceptors (Lipinski definition) is 1. The molecule has 0 bridgehead atoms. The maximum absolute atomic E-state index is 9.56. The van der Waals surface area contributed by atoms with Crippen molar-refractivity contribution in [3.05, 3.63) is 7.43 Å². The van der Waals surface area contributed by atoms with Gasteiger partial charge in [-0.05, 0) is 0 Å². The minimum Gasteiger partial charge on any atom is -0.617 e. The zero-order valence-electron chi connectivity index (χ0n) is 3.82. The molecule has 5 heavy (non-hydrogen) atoms. The van der Waals surface area contributed by atoms with E-state index in [1.807, 2.05) is 0 Å². The molecule has 0 unspecified atom stereocenters. The summed E-state index contributed by atoms with van der Waals surface area (Å²) in [6, 6.07) is 0. The van der Waals surface area contributed by atoms with Gasteiger partial charge in [0.25, 0.3) is 0 Å². The molecule has 0 aromatic heterocycles. The van der Waals surface area contributed by atoms with Crippen molar-refractivity contribution in [2.45, 2.75) is 0 Å². The van der Waals surface area contributed by atoms with Gasteiger partial charge < -0.3 is 4.55 Å². The number of rotatable bonds is 0. The molecule has 2 heteroatoms. The van der Waals surface area contributed by atoms with Crippen molar-refractivity contribution in [3.63, 3.8) is 0 Å². The lowest BCUT2D eigenvalue weighted by atomic mass is 11.9. The Kier molecular flexibility index (Phi) is 7.76. The molecule has 0 amide bonds. The van der Waals surface area contributed by atoms with Gasteiger partial charge in [-0.3, -0.25) is 0 Å². The molecule has 1 radical (unpaired) electrons. The van der Waals surface area contributed by atoms with E-state index in [1.165, 1.54) is 0 Å². The van der Waals surface area contributed by atoms with Crippen LogP contribution in [0.5, 0.6) is 0 Å². The van der Waals surface area contributed by atoms with Gasteiger partial charge in [-0.1, -0.05) is 18.6 Å². The van der Waals surface area contributed by atoms with Crippen molar-refractivity contribution >= 4 is 11.2 Å². The molecule has 0 aliphatic rings. The molecule has 0 heterocycles. The first-order valence-corrected chi connectivity index (χ1v) is 2.95. The summed E-state index contributed by atoms with van der Waals surface area (Å²) in [5.74, 6) is 0. The van der Waals surface area contributed by atoms with Gasteiger partial charge in [0.2, 0.25) is 0 Å². The van der Waals surface area contributed by atoms with Gasteiger partial charge in [0, 0.05) is 0 Å². The van der Waals surface area contributed by atoms with Crippen molar-refractivity contribution in [1.29, 1.82) is 0 Å². The Hall–Kier alpha value is 0.310. The van der Waals surface area contributed by atoms with E-state index in [2.05, 4.69) is 0 Å². The molecule has 0 rings (SSSR count). The number of hydrogen-bond donors (Lipinski definition) is 0. The average Bonchev–Trinajstić information content (AvgIpc) is 0.811. The first-order valence-electron chi connectivity index (χ1n) is 0.983. The quantitative estimate of drug-likeness (QED) is 0.399. The summed E-state index contributed by atoms with van der Waals surface area (Å²) in [6.07, 6.45) is 3.28. The summed E-state index contributed by atoms with van der Waals surface area (Å²) in [5.41, 5.74) is 0. The summed E-state index contributed by atoms with van der Waals surface area (Å²) in [7, 11) is 0. The van der Waals surface area contributed by atoms with Crippen LogP contribution >= 0.6 is 0 Å². The Morgan fingerprint density at radius 2 is 1.40 bits per heavy atom. The van der Waals surface area contributed by atoms with Crippen LogP contribution in [0.4, 0.5) is 0 Å². The second kappa shape index (κ2) is 4.31. The first kappa shape index (κ1) is 9.00. The van der Waals surface area contributed by atoms with Gasteiger partial charge >= 0.3 is 0 Å². The summed E-state index contributed by atoms with van der Waals surface area (Å²) >= 11 is -0.611. The highest BCUT2D eigenvalue weighted by Crippen LogP contribution is 1.61. The lowest BCUT2D eigenvalue weighted by Crippen LogP contribution is -1.86. The Balaban J connectivity index is 0. The zero-order valence-corrected chi connectivity index (χ0v) is 4.63. The summed E-state index contributed by atoms with van der Waals surface area (Å²) in [5, 5.41) is 0. The normalized spacial score (nSPS) is 7.20. The Labute approximate surface area is 36.6 Å². The van der Waals surface area contributed by atoms with Gasteiger partial charge in [0.05, 0.1) is 12.5 Å². The van der Waals surface area contributed by atoms with Gasteiger partial charge in [0.1, 0.15) is 0 Å². The van der Waals surface area contributed by atoms with Crippen LogP contribution < -0.4 is 0 Å². The van der Waals surface area contributed by atoms with Gasteiger partial charge in [0.15, 0.2) is 0 Å². The third-order valence-corrected chi connectivity index (χ3v) is 0. The first-order chi connectivity index (χ1) is 1.73. The van der Waals surface area contributed by atoms with Gasteiger partial charge in [-0.25, -0.2) is 0 Å². The second-order valence-corrected chi connectivity index (χ2v) is 2.22. The molecular formula is C3H9OS. The van der Waals surface area contributed by atoms with E-state index in [9.17, 15) is 4.55 Å². The highest BCUT2D eigenvalue weighted by Gasteiger charge is 1.66. The summed E-state index contributed by atoms with van der Waals surface area (Å²) in [6.45, 7) is 0. The van der Waals surface area contributed by atoms with Crippen LogP contribution in [0.15, 0.2) is 0 Å². The van der Waals surface area contributed by atoms with Crippen molar-refractivity contribution in [1.82, 2.24) is 0 Å². The van der Waals surface area contributed by atoms with Crippen LogP contribution in [0.3, 0.4) is 0 Å². The predicted molar refractivity (Wildman–Crippen MR) is 26.4 cm³/mol. The molecule has 0 aromatic rings. The maximum Gasteiger partial charge on any atom is 0.0946 e. The van der Waals surface area contributed by atoms with Gasteiger partial charge in [-0.15, -0.1) is 0 Å². The molecule has 0 atom stereocenters. The minimum atomic E-state index is -0.611. The zero-order chi connectivity index (χ0) is 3.58. The lowest BCUT2D eigenvalue weighted by molar-refractivity contribution is 0.606. The highest BCUT2D eigenvalue weighted by molar-refractivity contribution is 7.89. The summed E-state index contributed by atoms with van der Waals surface area (Å²) < 4.78 is 9.56. The fourth-order valence-corrected chi connectivity index (χ4v) is 0. The van der Waals surface area contributed by atoms with Crippen LogP contribution in [0.1, 0.15) is 0 Å². The van der Waals surface area contributed by atoms with E-state index < -0.39 is 11.2 Å². The monoisotopic (exact) mass is 93.0 g/mol. The second-order valence-electron chi connectivity index (χ2n) is 0.742. The Morgan fingerprint density at radius 1 is 1.40 bits per heavy atom. The van der Waals surface area contributed by atoms with Crippen LogP contribution in [0.2, 0.25) is 0 Å². The molecule has 0 N–H and O–H groups in total. The SMILES string of the molecule is C[S+](C)[O-].[CH3]. The molecule has 0 aliphatic carbocycles. The van der Waals surface area contributed by atoms with Crippen molar-refractivity contribution in [2.24, 2.45) is 0 Å². The van der Waals surface area contributed by atoms with Crippen LogP contribution in [-0.4, -0.2) is 17.1 Å². The largest absolute Gasteiger partial charge is 0.617 e. The molecule has 0 saturated carbocycles. The summed E-state index contributed by atoms with van der Waals surface area (Å²) in [4.78, 5) is 0. The van der Waals surface area contributed by atoms with Crippen molar-refractivity contribution in [3.8, 4) is 0 Å². The van der Waals surface area contributed by atoms with Crippen molar-refractivity contribution < 1.29 is 4.55 Å². The van der Waals surface area contributed by atoms with E-state index in [4.69, 9.17) is 0 Å². The molecule has 33 valence electrons. The van der Waals surface area contributed by atoms with Crippen LogP contribution in [-0.2, 0) is 11.2 Å². The molecule has 0 aliphatic heterocycles. The smallest absolute Gasteiger partial charge is 0.0946 e. The Morgan fingerprint density at radius 3 is 1.40 bits per heavy atom.